The lowest BCUT2D eigenvalue weighted by Crippen LogP contribution is -3.00. The normalized spacial score (nSPS) is 18.1. The van der Waals surface area contributed by atoms with E-state index in [-0.39, 0.29) is 25.2 Å². The zero-order chi connectivity index (χ0) is 19.3. The first-order valence-electron chi connectivity index (χ1n) is 8.92. The monoisotopic (exact) mass is 403 g/mol. The minimum absolute atomic E-state index is 0. The number of benzene rings is 2. The molecule has 2 aliphatic rings. The molecule has 0 N–H and O–H groups in total. The number of hydrogen-bond donors (Lipinski definition) is 0. The topological polar surface area (TPSA) is 66.9 Å². The number of halogens is 1. The van der Waals surface area contributed by atoms with Crippen LogP contribution in [0.4, 0.5) is 5.69 Å². The van der Waals surface area contributed by atoms with E-state index in [1.54, 1.807) is 12.1 Å². The molecule has 2 aromatic carbocycles. The molecule has 0 aliphatic carbocycles. The van der Waals surface area contributed by atoms with Gasteiger partial charge in [0.1, 0.15) is 6.54 Å². The zero-order valence-electron chi connectivity index (χ0n) is 16.1. The zero-order valence-corrected chi connectivity index (χ0v) is 16.8. The summed E-state index contributed by atoms with van der Waals surface area (Å²) in [6.45, 7) is 1.83. The maximum absolute atomic E-state index is 12.4. The summed E-state index contributed by atoms with van der Waals surface area (Å²) in [7, 11) is 6.46. The molecule has 2 aromatic rings. The van der Waals surface area contributed by atoms with Crippen LogP contribution in [0.3, 0.4) is 0 Å². The molecule has 28 heavy (non-hydrogen) atoms. The van der Waals surface area contributed by atoms with Crippen molar-refractivity contribution in [3.8, 4) is 0 Å². The SMILES string of the molecule is CN1C[N+](C)(C)Cc2c1ccc1cc(C(=O)ON3C(=O)CCC3=O)ccc21.[Cl-]. The Bertz CT molecular complexity index is 973. The van der Waals surface area contributed by atoms with Crippen LogP contribution in [0.2, 0.25) is 0 Å². The van der Waals surface area contributed by atoms with Crippen LogP contribution < -0.4 is 17.3 Å². The third kappa shape index (κ3) is 3.43. The molecule has 1 saturated heterocycles. The Hall–Kier alpha value is -2.64. The Kier molecular flexibility index (Phi) is 5.08. The van der Waals surface area contributed by atoms with E-state index in [0.29, 0.717) is 10.6 Å². The van der Waals surface area contributed by atoms with Crippen molar-refractivity contribution in [2.75, 3.05) is 32.7 Å². The number of nitrogens with zero attached hydrogens (tertiary/aromatic N) is 3. The van der Waals surface area contributed by atoms with E-state index in [1.807, 2.05) is 12.1 Å². The number of imide groups is 1. The lowest BCUT2D eigenvalue weighted by Gasteiger charge is -2.40. The Morgan fingerprint density at radius 2 is 1.75 bits per heavy atom. The molecular weight excluding hydrogens is 382 g/mol. The van der Waals surface area contributed by atoms with Crippen molar-refractivity contribution in [3.63, 3.8) is 0 Å². The summed E-state index contributed by atoms with van der Waals surface area (Å²) in [4.78, 5) is 42.9. The molecule has 0 spiro atoms. The van der Waals surface area contributed by atoms with Crippen LogP contribution in [0.25, 0.3) is 10.8 Å². The molecule has 0 bridgehead atoms. The third-order valence-electron chi connectivity index (χ3n) is 5.11. The second-order valence-electron chi connectivity index (χ2n) is 7.89. The van der Waals surface area contributed by atoms with Crippen LogP contribution in [-0.2, 0) is 21.0 Å². The molecule has 0 aromatic heterocycles. The molecule has 2 aliphatic heterocycles. The van der Waals surface area contributed by atoms with Crippen molar-refractivity contribution in [1.29, 1.82) is 0 Å². The van der Waals surface area contributed by atoms with Gasteiger partial charge >= 0.3 is 5.97 Å². The van der Waals surface area contributed by atoms with Crippen molar-refractivity contribution in [2.45, 2.75) is 19.4 Å². The highest BCUT2D eigenvalue weighted by molar-refractivity contribution is 6.03. The number of fused-ring (bicyclic) bond motifs is 3. The fourth-order valence-electron chi connectivity index (χ4n) is 3.96. The van der Waals surface area contributed by atoms with E-state index in [1.165, 1.54) is 11.3 Å². The molecule has 8 heteroatoms. The van der Waals surface area contributed by atoms with Gasteiger partial charge in [0.05, 0.1) is 25.3 Å². The lowest BCUT2D eigenvalue weighted by atomic mass is 9.98. The van der Waals surface area contributed by atoms with Crippen molar-refractivity contribution >= 4 is 34.2 Å². The number of carbonyl (C=O) groups excluding carboxylic acids is 3. The first-order chi connectivity index (χ1) is 12.7. The van der Waals surface area contributed by atoms with Crippen LogP contribution in [0.15, 0.2) is 30.3 Å². The highest BCUT2D eigenvalue weighted by atomic mass is 35.5. The van der Waals surface area contributed by atoms with E-state index < -0.39 is 17.8 Å². The number of hydroxylamine groups is 2. The molecule has 4 rings (SSSR count). The molecule has 1 fully saturated rings. The van der Waals surface area contributed by atoms with Gasteiger partial charge in [-0.25, -0.2) is 4.79 Å². The first kappa shape index (κ1) is 20.1. The second kappa shape index (κ2) is 7.07. The average molecular weight is 404 g/mol. The molecular formula is C20H22ClN3O4. The molecule has 2 amide bonds. The van der Waals surface area contributed by atoms with Gasteiger partial charge in [0.25, 0.3) is 11.8 Å². The number of anilines is 1. The van der Waals surface area contributed by atoms with E-state index >= 15 is 0 Å². The van der Waals surface area contributed by atoms with Crippen LogP contribution in [-0.4, -0.2) is 55.1 Å². The Morgan fingerprint density at radius 1 is 1.07 bits per heavy atom. The smallest absolute Gasteiger partial charge is 0.363 e. The van der Waals surface area contributed by atoms with Gasteiger partial charge in [-0.3, -0.25) is 9.59 Å². The van der Waals surface area contributed by atoms with Crippen LogP contribution in [0, 0.1) is 0 Å². The van der Waals surface area contributed by atoms with Crippen molar-refractivity contribution < 1.29 is 36.1 Å². The number of rotatable bonds is 2. The average Bonchev–Trinajstić information content (AvgIpc) is 2.92. The predicted molar refractivity (Wildman–Crippen MR) is 99.5 cm³/mol. The Balaban J connectivity index is 0.00000225. The van der Waals surface area contributed by atoms with E-state index in [4.69, 9.17) is 4.84 Å². The molecule has 7 nitrogen and oxygen atoms in total. The minimum atomic E-state index is -0.702. The van der Waals surface area contributed by atoms with Gasteiger partial charge in [0.2, 0.25) is 0 Å². The van der Waals surface area contributed by atoms with Crippen LogP contribution in [0.1, 0.15) is 28.8 Å². The van der Waals surface area contributed by atoms with E-state index in [0.717, 1.165) is 28.5 Å². The van der Waals surface area contributed by atoms with Crippen molar-refractivity contribution in [2.24, 2.45) is 0 Å². The highest BCUT2D eigenvalue weighted by Gasteiger charge is 2.33. The summed E-state index contributed by atoms with van der Waals surface area (Å²) in [5.41, 5.74) is 2.76. The van der Waals surface area contributed by atoms with Crippen molar-refractivity contribution in [1.82, 2.24) is 5.06 Å². The van der Waals surface area contributed by atoms with Crippen molar-refractivity contribution in [3.05, 3.63) is 41.5 Å². The predicted octanol–water partition coefficient (Wildman–Crippen LogP) is -0.952. The quantitative estimate of drug-likeness (QED) is 0.478. The standard InChI is InChI=1S/C20H22N3O4.ClH/c1-21-12-23(2,3)11-16-15-6-4-14(10-13(15)5-7-17(16)21)20(26)27-22-18(24)8-9-19(22)25;/h4-7,10H,8-9,11-12H2,1-3H3;1H/q+1;/p-1. The Labute approximate surface area is 169 Å². The summed E-state index contributed by atoms with van der Waals surface area (Å²) in [5, 5.41) is 2.60. The lowest BCUT2D eigenvalue weighted by molar-refractivity contribution is -0.904. The number of quaternary nitrogens is 1. The molecule has 0 unspecified atom stereocenters. The number of carbonyl (C=O) groups is 3. The maximum atomic E-state index is 12.4. The largest absolute Gasteiger partial charge is 1.00 e. The summed E-state index contributed by atoms with van der Waals surface area (Å²) in [5.74, 6) is -1.66. The van der Waals surface area contributed by atoms with Crippen LogP contribution in [0.5, 0.6) is 0 Å². The van der Waals surface area contributed by atoms with Gasteiger partial charge in [-0.15, -0.1) is 5.06 Å². The van der Waals surface area contributed by atoms with E-state index in [9.17, 15) is 14.4 Å². The van der Waals surface area contributed by atoms with Gasteiger partial charge in [-0.05, 0) is 29.0 Å². The summed E-state index contributed by atoms with van der Waals surface area (Å²) in [6.07, 6.45) is 0.162. The maximum Gasteiger partial charge on any atom is 0.363 e. The number of amides is 2. The van der Waals surface area contributed by atoms with Gasteiger partial charge in [0, 0.05) is 25.5 Å². The molecule has 0 saturated carbocycles. The highest BCUT2D eigenvalue weighted by Crippen LogP contribution is 2.35. The number of hydrogen-bond acceptors (Lipinski definition) is 5. The summed E-state index contributed by atoms with van der Waals surface area (Å²) >= 11 is 0. The molecule has 2 heterocycles. The third-order valence-corrected chi connectivity index (χ3v) is 5.11. The van der Waals surface area contributed by atoms with Gasteiger partial charge in [0.15, 0.2) is 6.67 Å². The van der Waals surface area contributed by atoms with Gasteiger partial charge in [-0.2, -0.15) is 0 Å². The molecule has 148 valence electrons. The van der Waals surface area contributed by atoms with Gasteiger partial charge in [-0.1, -0.05) is 12.1 Å². The summed E-state index contributed by atoms with van der Waals surface area (Å²) < 4.78 is 0.853. The fourth-order valence-corrected chi connectivity index (χ4v) is 3.96. The fraction of sp³-hybridized carbons (Fsp3) is 0.350. The molecule has 0 atom stereocenters. The van der Waals surface area contributed by atoms with E-state index in [2.05, 4.69) is 32.1 Å². The van der Waals surface area contributed by atoms with Gasteiger partial charge < -0.3 is 26.6 Å². The second-order valence-corrected chi connectivity index (χ2v) is 7.89. The Morgan fingerprint density at radius 3 is 2.43 bits per heavy atom. The molecule has 0 radical (unpaired) electrons. The van der Waals surface area contributed by atoms with Crippen LogP contribution >= 0.6 is 0 Å². The minimum Gasteiger partial charge on any atom is -1.00 e. The summed E-state index contributed by atoms with van der Waals surface area (Å²) in [6, 6.07) is 9.40. The first-order valence-corrected chi connectivity index (χ1v) is 8.92.